The van der Waals surface area contributed by atoms with E-state index in [0.717, 1.165) is 16.3 Å². The number of aliphatic carboxylic acids is 1. The molecule has 90 valence electrons. The van der Waals surface area contributed by atoms with Gasteiger partial charge in [-0.1, -0.05) is 18.3 Å². The zero-order valence-corrected chi connectivity index (χ0v) is 10.1. The molecule has 0 aromatic carbocycles. The number of sulfonamides is 1. The zero-order chi connectivity index (χ0) is 12.2. The molecule has 9 heteroatoms. The van der Waals surface area contributed by atoms with Crippen LogP contribution in [-0.2, 0) is 21.2 Å². The third-order valence-electron chi connectivity index (χ3n) is 1.60. The lowest BCUT2D eigenvalue weighted by Gasteiger charge is -2.01. The molecule has 0 saturated carbocycles. The van der Waals surface area contributed by atoms with E-state index >= 15 is 0 Å². The Morgan fingerprint density at radius 1 is 1.50 bits per heavy atom. The van der Waals surface area contributed by atoms with Gasteiger partial charge in [-0.05, 0) is 6.42 Å². The van der Waals surface area contributed by atoms with E-state index in [0.29, 0.717) is 6.42 Å². The van der Waals surface area contributed by atoms with Crippen LogP contribution < -0.4 is 4.72 Å². The Bertz CT molecular complexity index is 468. The highest BCUT2D eigenvalue weighted by atomic mass is 32.2. The molecule has 0 unspecified atom stereocenters. The second kappa shape index (κ2) is 5.21. The molecule has 0 atom stereocenters. The van der Waals surface area contributed by atoms with Crippen LogP contribution in [0.25, 0.3) is 0 Å². The molecule has 0 aliphatic heterocycles. The normalized spacial score (nSPS) is 11.3. The lowest BCUT2D eigenvalue weighted by molar-refractivity contribution is -0.136. The van der Waals surface area contributed by atoms with E-state index in [9.17, 15) is 13.2 Å². The number of rotatable bonds is 6. The molecule has 0 bridgehead atoms. The molecule has 0 aliphatic carbocycles. The van der Waals surface area contributed by atoms with Crippen LogP contribution in [0.4, 0.5) is 5.13 Å². The maximum absolute atomic E-state index is 11.4. The van der Waals surface area contributed by atoms with Crippen LogP contribution >= 0.6 is 11.3 Å². The number of aryl methyl sites for hydroxylation is 1. The highest BCUT2D eigenvalue weighted by Gasteiger charge is 2.15. The van der Waals surface area contributed by atoms with Crippen molar-refractivity contribution in [1.82, 2.24) is 10.2 Å². The van der Waals surface area contributed by atoms with Crippen molar-refractivity contribution in [3.63, 3.8) is 0 Å². The van der Waals surface area contributed by atoms with Gasteiger partial charge in [-0.3, -0.25) is 9.52 Å². The standard InChI is InChI=1S/C7H11N3O4S2/c1-2-5-8-9-7(15-5)10-16(13,14)4-3-6(11)12/h2-4H2,1H3,(H,9,10)(H,11,12). The number of carbonyl (C=O) groups is 1. The van der Waals surface area contributed by atoms with Crippen LogP contribution in [0, 0.1) is 0 Å². The molecule has 2 N–H and O–H groups in total. The summed E-state index contributed by atoms with van der Waals surface area (Å²) < 4.78 is 24.9. The van der Waals surface area contributed by atoms with Gasteiger partial charge in [0.15, 0.2) is 0 Å². The molecule has 1 aromatic heterocycles. The molecule has 0 saturated heterocycles. The molecule has 0 fully saturated rings. The lowest BCUT2D eigenvalue weighted by Crippen LogP contribution is -2.18. The molecule has 0 aliphatic rings. The number of anilines is 1. The number of hydrogen-bond donors (Lipinski definition) is 2. The van der Waals surface area contributed by atoms with E-state index in [1.54, 1.807) is 0 Å². The number of nitrogens with one attached hydrogen (secondary N) is 1. The third-order valence-corrected chi connectivity index (χ3v) is 3.95. The van der Waals surface area contributed by atoms with Gasteiger partial charge in [-0.25, -0.2) is 8.42 Å². The fourth-order valence-electron chi connectivity index (χ4n) is 0.843. The highest BCUT2D eigenvalue weighted by Crippen LogP contribution is 2.16. The summed E-state index contributed by atoms with van der Waals surface area (Å²) in [6.45, 7) is 1.88. The summed E-state index contributed by atoms with van der Waals surface area (Å²) in [5.74, 6) is -1.62. The van der Waals surface area contributed by atoms with Gasteiger partial charge in [0.25, 0.3) is 0 Å². The van der Waals surface area contributed by atoms with E-state index in [2.05, 4.69) is 14.9 Å². The van der Waals surface area contributed by atoms with Crippen LogP contribution in [0.3, 0.4) is 0 Å². The van der Waals surface area contributed by atoms with Gasteiger partial charge in [-0.2, -0.15) is 0 Å². The van der Waals surface area contributed by atoms with Crippen LogP contribution in [-0.4, -0.2) is 35.4 Å². The van der Waals surface area contributed by atoms with Gasteiger partial charge in [0.2, 0.25) is 15.2 Å². The Balaban J connectivity index is 2.61. The van der Waals surface area contributed by atoms with E-state index in [4.69, 9.17) is 5.11 Å². The van der Waals surface area contributed by atoms with Crippen LogP contribution in [0.1, 0.15) is 18.4 Å². The minimum Gasteiger partial charge on any atom is -0.481 e. The number of aromatic nitrogens is 2. The predicted molar refractivity (Wildman–Crippen MR) is 58.9 cm³/mol. The van der Waals surface area contributed by atoms with Gasteiger partial charge in [0, 0.05) is 0 Å². The summed E-state index contributed by atoms with van der Waals surface area (Å²) in [6, 6.07) is 0. The van der Waals surface area contributed by atoms with Crippen molar-refractivity contribution in [1.29, 1.82) is 0 Å². The molecule has 16 heavy (non-hydrogen) atoms. The number of carboxylic acid groups (broad SMARTS) is 1. The van der Waals surface area contributed by atoms with Gasteiger partial charge in [0.05, 0.1) is 12.2 Å². The molecule has 0 amide bonds. The first-order chi connectivity index (χ1) is 7.43. The Kier molecular flexibility index (Phi) is 4.19. The van der Waals surface area contributed by atoms with Gasteiger partial charge < -0.3 is 5.11 Å². The second-order valence-electron chi connectivity index (χ2n) is 2.92. The highest BCUT2D eigenvalue weighted by molar-refractivity contribution is 7.92. The quantitative estimate of drug-likeness (QED) is 0.766. The van der Waals surface area contributed by atoms with Crippen molar-refractivity contribution >= 4 is 32.5 Å². The number of nitrogens with zero attached hydrogens (tertiary/aromatic N) is 2. The number of hydrogen-bond acceptors (Lipinski definition) is 6. The van der Waals surface area contributed by atoms with Crippen molar-refractivity contribution < 1.29 is 18.3 Å². The van der Waals surface area contributed by atoms with Crippen LogP contribution in [0.5, 0.6) is 0 Å². The summed E-state index contributed by atoms with van der Waals surface area (Å²) >= 11 is 1.13. The zero-order valence-electron chi connectivity index (χ0n) is 8.50. The monoisotopic (exact) mass is 265 g/mol. The van der Waals surface area contributed by atoms with Crippen molar-refractivity contribution in [2.45, 2.75) is 19.8 Å². The molecule has 0 radical (unpaired) electrons. The van der Waals surface area contributed by atoms with Gasteiger partial charge in [0.1, 0.15) is 5.01 Å². The second-order valence-corrected chi connectivity index (χ2v) is 5.82. The first-order valence-electron chi connectivity index (χ1n) is 4.47. The van der Waals surface area contributed by atoms with Gasteiger partial charge in [-0.15, -0.1) is 10.2 Å². The van der Waals surface area contributed by atoms with E-state index < -0.39 is 28.2 Å². The Morgan fingerprint density at radius 2 is 2.19 bits per heavy atom. The molecule has 1 aromatic rings. The average Bonchev–Trinajstić information content (AvgIpc) is 2.62. The van der Waals surface area contributed by atoms with Crippen LogP contribution in [0.15, 0.2) is 0 Å². The van der Waals surface area contributed by atoms with Gasteiger partial charge >= 0.3 is 5.97 Å². The van der Waals surface area contributed by atoms with E-state index in [1.807, 2.05) is 6.92 Å². The summed E-state index contributed by atoms with van der Waals surface area (Å²) in [7, 11) is -3.65. The minimum absolute atomic E-state index is 0.169. The van der Waals surface area contributed by atoms with Crippen molar-refractivity contribution in [2.24, 2.45) is 0 Å². The topological polar surface area (TPSA) is 109 Å². The van der Waals surface area contributed by atoms with E-state index in [-0.39, 0.29) is 5.13 Å². The average molecular weight is 265 g/mol. The maximum Gasteiger partial charge on any atom is 0.304 e. The smallest absolute Gasteiger partial charge is 0.304 e. The molecular formula is C7H11N3O4S2. The fourth-order valence-corrected chi connectivity index (χ4v) is 2.77. The van der Waals surface area contributed by atoms with E-state index in [1.165, 1.54) is 0 Å². The summed E-state index contributed by atoms with van der Waals surface area (Å²) in [5.41, 5.74) is 0. The Hall–Kier alpha value is -1.22. The van der Waals surface area contributed by atoms with Crippen molar-refractivity contribution in [2.75, 3.05) is 10.5 Å². The summed E-state index contributed by atoms with van der Waals surface area (Å²) in [5, 5.41) is 16.6. The first kappa shape index (κ1) is 12.8. The molecule has 1 heterocycles. The maximum atomic E-state index is 11.4. The number of carboxylic acids is 1. The predicted octanol–water partition coefficient (Wildman–Crippen LogP) is 0.317. The van der Waals surface area contributed by atoms with Crippen molar-refractivity contribution in [3.05, 3.63) is 5.01 Å². The Labute approximate surface area is 96.6 Å². The summed E-state index contributed by atoms with van der Waals surface area (Å²) in [6.07, 6.45) is 0.239. The molecule has 1 rings (SSSR count). The lowest BCUT2D eigenvalue weighted by atomic mass is 10.5. The fraction of sp³-hybridized carbons (Fsp3) is 0.571. The molecular weight excluding hydrogens is 254 g/mol. The van der Waals surface area contributed by atoms with Crippen molar-refractivity contribution in [3.8, 4) is 0 Å². The first-order valence-corrected chi connectivity index (χ1v) is 6.94. The van der Waals surface area contributed by atoms with Crippen LogP contribution in [0.2, 0.25) is 0 Å². The SMILES string of the molecule is CCc1nnc(NS(=O)(=O)CCC(=O)O)s1. The molecule has 0 spiro atoms. The minimum atomic E-state index is -3.65. The Morgan fingerprint density at radius 3 is 2.69 bits per heavy atom. The largest absolute Gasteiger partial charge is 0.481 e. The molecule has 7 nitrogen and oxygen atoms in total. The summed E-state index contributed by atoms with van der Waals surface area (Å²) in [4.78, 5) is 10.2. The third kappa shape index (κ3) is 4.11.